The molecule has 4 heteroatoms. The molecule has 0 saturated heterocycles. The predicted octanol–water partition coefficient (Wildman–Crippen LogP) is 2.92. The molecule has 0 bridgehead atoms. The van der Waals surface area contributed by atoms with Gasteiger partial charge < -0.3 is 14.7 Å². The number of carbonyl (C=O) groups excluding carboxylic acids is 1. The summed E-state index contributed by atoms with van der Waals surface area (Å²) in [5.74, 6) is 0.426. The van der Waals surface area contributed by atoms with E-state index in [9.17, 15) is 9.90 Å². The third-order valence-corrected chi connectivity index (χ3v) is 3.61. The van der Waals surface area contributed by atoms with Crippen LogP contribution in [0.5, 0.6) is 11.5 Å². The number of likely N-dealkylation sites (N-methyl/N-ethyl adjacent to an activating group) is 1. The van der Waals surface area contributed by atoms with Crippen molar-refractivity contribution in [3.8, 4) is 11.5 Å². The molecule has 0 saturated carbocycles. The van der Waals surface area contributed by atoms with Crippen LogP contribution in [0.2, 0.25) is 0 Å². The molecule has 1 N–H and O–H groups in total. The number of nitrogens with zero attached hydrogens (tertiary/aromatic N) is 1. The van der Waals surface area contributed by atoms with Gasteiger partial charge in [-0.25, -0.2) is 0 Å². The Morgan fingerprint density at radius 3 is 2.71 bits per heavy atom. The van der Waals surface area contributed by atoms with Crippen molar-refractivity contribution in [2.45, 2.75) is 0 Å². The number of methoxy groups -OCH3 is 1. The number of hydrogen-bond donors (Lipinski definition) is 1. The number of carbonyl (C=O) groups is 1. The largest absolute Gasteiger partial charge is 0.504 e. The lowest BCUT2D eigenvalue weighted by Gasteiger charge is -2.08. The summed E-state index contributed by atoms with van der Waals surface area (Å²) in [7, 11) is 3.26. The highest BCUT2D eigenvalue weighted by molar-refractivity contribution is 6.35. The zero-order chi connectivity index (χ0) is 15.0. The molecule has 0 unspecified atom stereocenters. The number of phenols is 1. The number of ether oxygens (including phenoxy) is 1. The Hall–Kier alpha value is -2.75. The minimum Gasteiger partial charge on any atom is -0.504 e. The van der Waals surface area contributed by atoms with Gasteiger partial charge in [-0.05, 0) is 29.8 Å². The summed E-state index contributed by atoms with van der Waals surface area (Å²) < 4.78 is 5.09. The minimum atomic E-state index is -0.0387. The molecule has 0 radical (unpaired) electrons. The van der Waals surface area contributed by atoms with Crippen LogP contribution >= 0.6 is 0 Å². The van der Waals surface area contributed by atoms with Crippen LogP contribution in [-0.2, 0) is 4.79 Å². The lowest BCUT2D eigenvalue weighted by atomic mass is 10.0. The monoisotopic (exact) mass is 281 g/mol. The van der Waals surface area contributed by atoms with Crippen molar-refractivity contribution < 1.29 is 14.6 Å². The molecule has 1 heterocycles. The Bertz CT molecular complexity index is 749. The van der Waals surface area contributed by atoms with E-state index in [0.29, 0.717) is 11.3 Å². The Kier molecular flexibility index (Phi) is 3.14. The average molecular weight is 281 g/mol. The van der Waals surface area contributed by atoms with E-state index < -0.39 is 0 Å². The smallest absolute Gasteiger partial charge is 0.258 e. The fourth-order valence-electron chi connectivity index (χ4n) is 2.49. The summed E-state index contributed by atoms with van der Waals surface area (Å²) in [5.41, 5.74) is 3.26. The second-order valence-corrected chi connectivity index (χ2v) is 4.87. The highest BCUT2D eigenvalue weighted by Gasteiger charge is 2.28. The molecule has 3 rings (SSSR count). The Labute approximate surface area is 122 Å². The first-order chi connectivity index (χ1) is 10.1. The average Bonchev–Trinajstić information content (AvgIpc) is 2.74. The van der Waals surface area contributed by atoms with Gasteiger partial charge in [-0.2, -0.15) is 0 Å². The molecular formula is C17H15NO3. The van der Waals surface area contributed by atoms with Crippen LogP contribution in [0.3, 0.4) is 0 Å². The minimum absolute atomic E-state index is 0.0387. The number of phenolic OH excluding ortho intramolecular Hbond substituents is 1. The van der Waals surface area contributed by atoms with Crippen LogP contribution in [0, 0.1) is 0 Å². The molecule has 4 nitrogen and oxygen atoms in total. The maximum absolute atomic E-state index is 12.4. The zero-order valence-electron chi connectivity index (χ0n) is 11.8. The van der Waals surface area contributed by atoms with Crippen LogP contribution < -0.4 is 9.64 Å². The fourth-order valence-corrected chi connectivity index (χ4v) is 2.49. The number of anilines is 1. The second kappa shape index (κ2) is 4.98. The lowest BCUT2D eigenvalue weighted by molar-refractivity contribution is -0.112. The number of para-hydroxylation sites is 1. The van der Waals surface area contributed by atoms with Crippen LogP contribution in [0.25, 0.3) is 11.6 Å². The van der Waals surface area contributed by atoms with Crippen LogP contribution in [0.1, 0.15) is 11.1 Å². The molecule has 21 heavy (non-hydrogen) atoms. The van der Waals surface area contributed by atoms with Gasteiger partial charge in [-0.1, -0.05) is 24.3 Å². The van der Waals surface area contributed by atoms with Gasteiger partial charge in [0.05, 0.1) is 12.8 Å². The van der Waals surface area contributed by atoms with E-state index in [4.69, 9.17) is 4.74 Å². The van der Waals surface area contributed by atoms with Crippen molar-refractivity contribution in [3.05, 3.63) is 53.6 Å². The quantitative estimate of drug-likeness (QED) is 0.861. The van der Waals surface area contributed by atoms with Gasteiger partial charge in [0.1, 0.15) is 0 Å². The number of amides is 1. The van der Waals surface area contributed by atoms with Crippen molar-refractivity contribution in [2.24, 2.45) is 0 Å². The fraction of sp³-hybridized carbons (Fsp3) is 0.118. The van der Waals surface area contributed by atoms with E-state index in [0.717, 1.165) is 16.8 Å². The number of aromatic hydroxyl groups is 1. The summed E-state index contributed by atoms with van der Waals surface area (Å²) in [6.45, 7) is 0. The number of benzene rings is 2. The first-order valence-electron chi connectivity index (χ1n) is 6.58. The molecule has 106 valence electrons. The molecule has 0 fully saturated rings. The van der Waals surface area contributed by atoms with Gasteiger partial charge in [0.25, 0.3) is 5.91 Å². The molecule has 1 aliphatic heterocycles. The van der Waals surface area contributed by atoms with Gasteiger partial charge >= 0.3 is 0 Å². The van der Waals surface area contributed by atoms with Crippen molar-refractivity contribution in [2.75, 3.05) is 19.1 Å². The van der Waals surface area contributed by atoms with Crippen molar-refractivity contribution in [3.63, 3.8) is 0 Å². The maximum atomic E-state index is 12.4. The molecule has 0 spiro atoms. The van der Waals surface area contributed by atoms with E-state index >= 15 is 0 Å². The first-order valence-corrected chi connectivity index (χ1v) is 6.58. The van der Waals surface area contributed by atoms with Gasteiger partial charge in [-0.3, -0.25) is 4.79 Å². The standard InChI is InChI=1S/C17H15NO3/c1-18-14-6-4-3-5-12(14)13(17(18)20)9-11-7-8-15(19)16(10-11)21-2/h3-10,19H,1-2H3. The topological polar surface area (TPSA) is 49.8 Å². The Morgan fingerprint density at radius 2 is 1.95 bits per heavy atom. The second-order valence-electron chi connectivity index (χ2n) is 4.87. The van der Waals surface area contributed by atoms with E-state index in [2.05, 4.69) is 0 Å². The van der Waals surface area contributed by atoms with Gasteiger partial charge in [0, 0.05) is 18.2 Å². The normalized spacial score (nSPS) is 15.4. The number of hydrogen-bond acceptors (Lipinski definition) is 3. The Balaban J connectivity index is 2.10. The van der Waals surface area contributed by atoms with Gasteiger partial charge in [0.15, 0.2) is 11.5 Å². The first kappa shape index (κ1) is 13.2. The van der Waals surface area contributed by atoms with Crippen LogP contribution in [0.15, 0.2) is 42.5 Å². The summed E-state index contributed by atoms with van der Waals surface area (Å²) in [6.07, 6.45) is 1.81. The summed E-state index contributed by atoms with van der Waals surface area (Å²) in [5, 5.41) is 9.63. The number of fused-ring (bicyclic) bond motifs is 1. The third-order valence-electron chi connectivity index (χ3n) is 3.61. The van der Waals surface area contributed by atoms with Crippen molar-refractivity contribution in [1.82, 2.24) is 0 Å². The predicted molar refractivity (Wildman–Crippen MR) is 82.4 cm³/mol. The molecule has 1 aliphatic rings. The summed E-state index contributed by atoms with van der Waals surface area (Å²) >= 11 is 0. The molecule has 0 aromatic heterocycles. The van der Waals surface area contributed by atoms with E-state index in [1.807, 2.05) is 30.3 Å². The lowest BCUT2D eigenvalue weighted by Crippen LogP contribution is -2.20. The van der Waals surface area contributed by atoms with E-state index in [1.54, 1.807) is 30.1 Å². The maximum Gasteiger partial charge on any atom is 0.258 e. The molecule has 2 aromatic rings. The van der Waals surface area contributed by atoms with Crippen molar-refractivity contribution >= 4 is 23.2 Å². The summed E-state index contributed by atoms with van der Waals surface area (Å²) in [4.78, 5) is 14.0. The third kappa shape index (κ3) is 2.14. The van der Waals surface area contributed by atoms with Crippen LogP contribution in [0.4, 0.5) is 5.69 Å². The Morgan fingerprint density at radius 1 is 1.19 bits per heavy atom. The highest BCUT2D eigenvalue weighted by Crippen LogP contribution is 2.37. The molecule has 0 aliphatic carbocycles. The summed E-state index contributed by atoms with van der Waals surface area (Å²) in [6, 6.07) is 12.7. The number of rotatable bonds is 2. The zero-order valence-corrected chi connectivity index (χ0v) is 11.8. The SMILES string of the molecule is COc1cc(C=C2C(=O)N(C)c3ccccc32)ccc1O. The highest BCUT2D eigenvalue weighted by atomic mass is 16.5. The van der Waals surface area contributed by atoms with Gasteiger partial charge in [-0.15, -0.1) is 0 Å². The molecular weight excluding hydrogens is 266 g/mol. The van der Waals surface area contributed by atoms with E-state index in [-0.39, 0.29) is 11.7 Å². The van der Waals surface area contributed by atoms with Crippen LogP contribution in [-0.4, -0.2) is 25.2 Å². The van der Waals surface area contributed by atoms with E-state index in [1.165, 1.54) is 7.11 Å². The molecule has 2 aromatic carbocycles. The molecule has 1 amide bonds. The molecule has 0 atom stereocenters. The van der Waals surface area contributed by atoms with Crippen molar-refractivity contribution in [1.29, 1.82) is 0 Å². The van der Waals surface area contributed by atoms with Gasteiger partial charge in [0.2, 0.25) is 0 Å².